The fraction of sp³-hybridized carbons (Fsp3) is 0.111. The molecule has 0 bridgehead atoms. The van der Waals surface area contributed by atoms with Gasteiger partial charge in [-0.1, -0.05) is 0 Å². The third-order valence-electron chi connectivity index (χ3n) is 5.40. The minimum atomic E-state index is -4.51. The van der Waals surface area contributed by atoms with Crippen LogP contribution in [0.2, 0.25) is 0 Å². The van der Waals surface area contributed by atoms with Crippen LogP contribution in [0.4, 0.5) is 26.3 Å². The highest BCUT2D eigenvalue weighted by Gasteiger charge is 2.35. The molecule has 0 amide bonds. The van der Waals surface area contributed by atoms with E-state index in [0.717, 1.165) is 27.8 Å². The number of hydrogen-bond donors (Lipinski definition) is 1. The Hall–Kier alpha value is -2.13. The van der Waals surface area contributed by atoms with Gasteiger partial charge in [0.1, 0.15) is 18.1 Å². The van der Waals surface area contributed by atoms with Crippen molar-refractivity contribution in [2.45, 2.75) is 33.6 Å². The summed E-state index contributed by atoms with van der Waals surface area (Å²) in [5, 5.41) is 10.3. The normalized spacial score (nSPS) is 12.1. The molecule has 0 radical (unpaired) electrons. The molecular weight excluding hydrogens is 756 g/mol. The number of ether oxygens (including phenoxy) is 1. The topological polar surface area (TPSA) is 29.5 Å². The fourth-order valence-electron chi connectivity index (χ4n) is 3.53. The molecule has 0 aliphatic rings. The van der Waals surface area contributed by atoms with E-state index in [1.54, 1.807) is 30.3 Å². The lowest BCUT2D eigenvalue weighted by Crippen LogP contribution is -2.09. The van der Waals surface area contributed by atoms with Gasteiger partial charge < -0.3 is 9.84 Å². The lowest BCUT2D eigenvalue weighted by atomic mass is 10.2. The van der Waals surface area contributed by atoms with Gasteiger partial charge in [-0.2, -0.15) is 26.3 Å². The monoisotopic (exact) mass is 773 g/mol. The number of phenols is 1. The molecule has 0 aromatic heterocycles. The molecular formula is C27H17F6I2O2S+. The summed E-state index contributed by atoms with van der Waals surface area (Å²) in [5.74, 6) is 0.624. The van der Waals surface area contributed by atoms with Crippen molar-refractivity contribution in [2.24, 2.45) is 0 Å². The van der Waals surface area contributed by atoms with Crippen molar-refractivity contribution >= 4 is 56.1 Å². The Morgan fingerprint density at radius 1 is 0.658 bits per heavy atom. The number of hydrogen-bond acceptors (Lipinski definition) is 2. The average molecular weight is 773 g/mol. The Balaban J connectivity index is 1.64. The van der Waals surface area contributed by atoms with Crippen molar-refractivity contribution < 1.29 is 36.2 Å². The fourth-order valence-corrected chi connectivity index (χ4v) is 7.54. The molecule has 0 atom stereocenters. The third kappa shape index (κ3) is 6.89. The minimum Gasteiger partial charge on any atom is -0.506 e. The van der Waals surface area contributed by atoms with Crippen LogP contribution in [0.25, 0.3) is 0 Å². The van der Waals surface area contributed by atoms with Gasteiger partial charge in [0.2, 0.25) is 0 Å². The summed E-state index contributed by atoms with van der Waals surface area (Å²) in [4.78, 5) is 1.72. The van der Waals surface area contributed by atoms with E-state index < -0.39 is 34.4 Å². The summed E-state index contributed by atoms with van der Waals surface area (Å²) >= 11 is 4.17. The van der Waals surface area contributed by atoms with E-state index in [4.69, 9.17) is 4.74 Å². The Morgan fingerprint density at radius 2 is 1.08 bits per heavy atom. The first-order valence-electron chi connectivity index (χ1n) is 10.8. The number of halogens is 8. The van der Waals surface area contributed by atoms with Crippen molar-refractivity contribution in [2.75, 3.05) is 0 Å². The molecule has 0 aliphatic heterocycles. The maximum atomic E-state index is 13.1. The largest absolute Gasteiger partial charge is 0.506 e. The SMILES string of the molecule is Oc1c(I)cc(I)cc1COc1ccc([S+](c2ccc(C(F)(F)F)cc2)c2ccc(C(F)(F)F)cc2)cc1. The van der Waals surface area contributed by atoms with E-state index in [2.05, 4.69) is 22.6 Å². The summed E-state index contributed by atoms with van der Waals surface area (Å²) in [6.07, 6.45) is -9.01. The molecule has 0 aliphatic carbocycles. The maximum Gasteiger partial charge on any atom is 0.416 e. The molecule has 11 heteroatoms. The molecule has 0 fully saturated rings. The number of aromatic hydroxyl groups is 1. The molecule has 198 valence electrons. The summed E-state index contributed by atoms with van der Waals surface area (Å²) in [6.45, 7) is 0.113. The molecule has 0 heterocycles. The van der Waals surface area contributed by atoms with Gasteiger partial charge in [0.05, 0.1) is 25.6 Å². The van der Waals surface area contributed by atoms with Crippen LogP contribution in [0.3, 0.4) is 0 Å². The van der Waals surface area contributed by atoms with Crippen molar-refractivity contribution in [1.29, 1.82) is 0 Å². The number of phenolic OH excluding ortho intramolecular Hbond substituents is 1. The zero-order chi connectivity index (χ0) is 27.7. The molecule has 2 nitrogen and oxygen atoms in total. The predicted octanol–water partition coefficient (Wildman–Crippen LogP) is 9.31. The van der Waals surface area contributed by atoms with Gasteiger partial charge in [-0.05, 0) is 130 Å². The predicted molar refractivity (Wildman–Crippen MR) is 149 cm³/mol. The van der Waals surface area contributed by atoms with E-state index in [9.17, 15) is 31.4 Å². The molecule has 4 aromatic carbocycles. The lowest BCUT2D eigenvalue weighted by molar-refractivity contribution is -0.138. The summed E-state index contributed by atoms with van der Waals surface area (Å²) in [5.41, 5.74) is -1.01. The maximum absolute atomic E-state index is 13.1. The molecule has 0 spiro atoms. The second-order valence-corrected chi connectivity index (χ2v) is 12.4. The van der Waals surface area contributed by atoms with Crippen LogP contribution in [0.1, 0.15) is 16.7 Å². The van der Waals surface area contributed by atoms with Gasteiger partial charge in [-0.3, -0.25) is 0 Å². The Labute approximate surface area is 244 Å². The minimum absolute atomic E-state index is 0.113. The van der Waals surface area contributed by atoms with Gasteiger partial charge in [0.25, 0.3) is 0 Å². The number of rotatable bonds is 6. The van der Waals surface area contributed by atoms with Crippen LogP contribution in [0.5, 0.6) is 11.5 Å². The first-order chi connectivity index (χ1) is 17.8. The zero-order valence-corrected chi connectivity index (χ0v) is 24.2. The van der Waals surface area contributed by atoms with Crippen LogP contribution in [0.15, 0.2) is 99.6 Å². The smallest absolute Gasteiger partial charge is 0.416 e. The molecule has 0 saturated heterocycles. The third-order valence-corrected chi connectivity index (χ3v) is 9.07. The second kappa shape index (κ2) is 11.5. The summed E-state index contributed by atoms with van der Waals surface area (Å²) < 4.78 is 86.0. The van der Waals surface area contributed by atoms with E-state index in [-0.39, 0.29) is 12.4 Å². The second-order valence-electron chi connectivity index (χ2n) is 8.01. The van der Waals surface area contributed by atoms with Crippen LogP contribution in [-0.4, -0.2) is 5.11 Å². The molecule has 1 N–H and O–H groups in total. The van der Waals surface area contributed by atoms with E-state index in [1.807, 2.05) is 28.7 Å². The van der Waals surface area contributed by atoms with Crippen LogP contribution in [0, 0.1) is 7.14 Å². The first kappa shape index (κ1) is 28.9. The molecule has 0 saturated carbocycles. The van der Waals surface area contributed by atoms with Gasteiger partial charge in [0, 0.05) is 9.13 Å². The molecule has 4 aromatic rings. The Kier molecular flexibility index (Phi) is 8.77. The van der Waals surface area contributed by atoms with Crippen molar-refractivity contribution in [1.82, 2.24) is 0 Å². The van der Waals surface area contributed by atoms with Gasteiger partial charge in [0.15, 0.2) is 14.7 Å². The lowest BCUT2D eigenvalue weighted by Gasteiger charge is -2.13. The van der Waals surface area contributed by atoms with Gasteiger partial charge in [-0.15, -0.1) is 0 Å². The van der Waals surface area contributed by atoms with Crippen LogP contribution < -0.4 is 4.74 Å². The van der Waals surface area contributed by atoms with E-state index >= 15 is 0 Å². The van der Waals surface area contributed by atoms with Crippen molar-refractivity contribution in [3.63, 3.8) is 0 Å². The van der Waals surface area contributed by atoms with Crippen LogP contribution >= 0.6 is 45.2 Å². The Bertz CT molecular complexity index is 1350. The van der Waals surface area contributed by atoms with Crippen molar-refractivity contribution in [3.05, 3.63) is 109 Å². The molecule has 38 heavy (non-hydrogen) atoms. The van der Waals surface area contributed by atoms with Gasteiger partial charge in [-0.25, -0.2) is 0 Å². The average Bonchev–Trinajstić information content (AvgIpc) is 2.86. The molecule has 4 rings (SSSR count). The number of alkyl halides is 6. The first-order valence-corrected chi connectivity index (χ1v) is 14.2. The van der Waals surface area contributed by atoms with Gasteiger partial charge >= 0.3 is 12.4 Å². The highest BCUT2D eigenvalue weighted by molar-refractivity contribution is 14.1. The molecule has 0 unspecified atom stereocenters. The highest BCUT2D eigenvalue weighted by Crippen LogP contribution is 2.37. The van der Waals surface area contributed by atoms with E-state index in [1.165, 1.54) is 24.3 Å². The summed E-state index contributed by atoms with van der Waals surface area (Å²) in [6, 6.07) is 19.7. The van der Waals surface area contributed by atoms with Crippen molar-refractivity contribution in [3.8, 4) is 11.5 Å². The Morgan fingerprint density at radius 3 is 1.50 bits per heavy atom. The zero-order valence-electron chi connectivity index (χ0n) is 19.1. The standard InChI is InChI=1S/C27H16F6I2O2S/c28-26(29,30)17-1-7-21(8-2-17)38(22-9-3-18(4-10-22)27(31,32)33)23-11-5-20(6-12-23)37-15-16-13-19(34)14-24(35)25(16)36/h1-14H,15H2/p+1. The highest BCUT2D eigenvalue weighted by atomic mass is 127. The quantitative estimate of drug-likeness (QED) is 0.120. The van der Waals surface area contributed by atoms with Crippen LogP contribution in [-0.2, 0) is 29.9 Å². The van der Waals surface area contributed by atoms with E-state index in [0.29, 0.717) is 29.6 Å². The summed E-state index contributed by atoms with van der Waals surface area (Å²) in [7, 11) is -0.975. The number of benzene rings is 4.